The van der Waals surface area contributed by atoms with Crippen LogP contribution in [0.4, 0.5) is 11.4 Å². The first-order valence-electron chi connectivity index (χ1n) is 6.13. The SMILES string of the molecule is O=S(=O)(O)CCN1c2ccccc2Sc2ccccc21. The number of fused-ring (bicyclic) bond motifs is 2. The monoisotopic (exact) mass is 307 g/mol. The summed E-state index contributed by atoms with van der Waals surface area (Å²) < 4.78 is 31.0. The van der Waals surface area contributed by atoms with Gasteiger partial charge in [-0.25, -0.2) is 0 Å². The molecule has 0 saturated carbocycles. The summed E-state index contributed by atoms with van der Waals surface area (Å²) in [6.45, 7) is 0.230. The minimum Gasteiger partial charge on any atom is -0.339 e. The fraction of sp³-hybridized carbons (Fsp3) is 0.143. The van der Waals surface area contributed by atoms with Crippen molar-refractivity contribution >= 4 is 33.3 Å². The normalized spacial score (nSPS) is 13.8. The van der Waals surface area contributed by atoms with E-state index in [2.05, 4.69) is 0 Å². The molecule has 1 heterocycles. The van der Waals surface area contributed by atoms with E-state index < -0.39 is 10.1 Å². The van der Waals surface area contributed by atoms with Gasteiger partial charge in [-0.15, -0.1) is 0 Å². The molecule has 3 rings (SSSR count). The fourth-order valence-corrected chi connectivity index (χ4v) is 3.74. The zero-order chi connectivity index (χ0) is 14.2. The molecular weight excluding hydrogens is 294 g/mol. The van der Waals surface area contributed by atoms with Gasteiger partial charge < -0.3 is 4.90 Å². The van der Waals surface area contributed by atoms with Gasteiger partial charge in [-0.3, -0.25) is 4.55 Å². The van der Waals surface area contributed by atoms with Crippen molar-refractivity contribution in [1.82, 2.24) is 0 Å². The van der Waals surface area contributed by atoms with Crippen LogP contribution in [0.3, 0.4) is 0 Å². The number of nitrogens with zero attached hydrogens (tertiary/aromatic N) is 1. The summed E-state index contributed by atoms with van der Waals surface area (Å²) in [5.41, 5.74) is 1.94. The molecule has 2 aromatic rings. The van der Waals surface area contributed by atoms with E-state index in [1.54, 1.807) is 11.8 Å². The van der Waals surface area contributed by atoms with E-state index in [1.165, 1.54) is 0 Å². The molecule has 1 N–H and O–H groups in total. The van der Waals surface area contributed by atoms with Gasteiger partial charge in [0.15, 0.2) is 0 Å². The molecule has 0 aromatic heterocycles. The Morgan fingerprint density at radius 1 is 0.950 bits per heavy atom. The molecule has 0 saturated heterocycles. The molecule has 2 aromatic carbocycles. The van der Waals surface area contributed by atoms with Crippen molar-refractivity contribution in [3.8, 4) is 0 Å². The van der Waals surface area contributed by atoms with Crippen molar-refractivity contribution in [3.63, 3.8) is 0 Å². The smallest absolute Gasteiger partial charge is 0.266 e. The summed E-state index contributed by atoms with van der Waals surface area (Å²) >= 11 is 1.67. The van der Waals surface area contributed by atoms with Crippen molar-refractivity contribution < 1.29 is 13.0 Å². The molecule has 1 aliphatic heterocycles. The molecule has 104 valence electrons. The zero-order valence-corrected chi connectivity index (χ0v) is 12.2. The van der Waals surface area contributed by atoms with Crippen molar-refractivity contribution in [2.45, 2.75) is 9.79 Å². The topological polar surface area (TPSA) is 57.6 Å². The van der Waals surface area contributed by atoms with Gasteiger partial charge in [-0.1, -0.05) is 36.0 Å². The number of anilines is 2. The Balaban J connectivity index is 2.03. The predicted molar refractivity (Wildman–Crippen MR) is 80.4 cm³/mol. The molecule has 1 aliphatic rings. The van der Waals surface area contributed by atoms with Crippen LogP contribution in [0.25, 0.3) is 0 Å². The van der Waals surface area contributed by atoms with Crippen LogP contribution in [-0.2, 0) is 10.1 Å². The summed E-state index contributed by atoms with van der Waals surface area (Å²) in [7, 11) is -3.98. The average Bonchev–Trinajstić information content (AvgIpc) is 2.42. The first kappa shape index (κ1) is 13.5. The van der Waals surface area contributed by atoms with Crippen molar-refractivity contribution in [3.05, 3.63) is 48.5 Å². The highest BCUT2D eigenvalue weighted by Crippen LogP contribution is 2.47. The highest BCUT2D eigenvalue weighted by Gasteiger charge is 2.23. The summed E-state index contributed by atoms with van der Waals surface area (Å²) in [6, 6.07) is 15.7. The highest BCUT2D eigenvalue weighted by atomic mass is 32.2. The summed E-state index contributed by atoms with van der Waals surface area (Å²) in [5, 5.41) is 0. The van der Waals surface area contributed by atoms with E-state index in [-0.39, 0.29) is 12.3 Å². The van der Waals surface area contributed by atoms with Crippen LogP contribution in [0.2, 0.25) is 0 Å². The fourth-order valence-electron chi connectivity index (χ4n) is 2.23. The van der Waals surface area contributed by atoms with Crippen LogP contribution in [0.1, 0.15) is 0 Å². The largest absolute Gasteiger partial charge is 0.339 e. The predicted octanol–water partition coefficient (Wildman–Crippen LogP) is 3.18. The van der Waals surface area contributed by atoms with Gasteiger partial charge in [0.1, 0.15) is 0 Å². The van der Waals surface area contributed by atoms with Crippen LogP contribution in [0.5, 0.6) is 0 Å². The molecule has 6 heteroatoms. The van der Waals surface area contributed by atoms with Crippen molar-refractivity contribution in [2.75, 3.05) is 17.2 Å². The summed E-state index contributed by atoms with van der Waals surface area (Å²) in [5.74, 6) is -0.291. The minimum absolute atomic E-state index is 0.230. The van der Waals surface area contributed by atoms with Gasteiger partial charge in [-0.05, 0) is 24.3 Å². The van der Waals surface area contributed by atoms with Gasteiger partial charge in [-0.2, -0.15) is 8.42 Å². The van der Waals surface area contributed by atoms with Crippen LogP contribution in [-0.4, -0.2) is 25.3 Å². The molecule has 4 nitrogen and oxygen atoms in total. The Kier molecular flexibility index (Phi) is 3.45. The lowest BCUT2D eigenvalue weighted by Gasteiger charge is -2.32. The third-order valence-corrected chi connectivity index (χ3v) is 4.93. The highest BCUT2D eigenvalue weighted by molar-refractivity contribution is 7.99. The number of para-hydroxylation sites is 2. The Morgan fingerprint density at radius 3 is 1.95 bits per heavy atom. The molecule has 0 bridgehead atoms. The first-order chi connectivity index (χ1) is 9.54. The van der Waals surface area contributed by atoms with Gasteiger partial charge in [0, 0.05) is 16.3 Å². The Morgan fingerprint density at radius 2 is 1.45 bits per heavy atom. The summed E-state index contributed by atoms with van der Waals surface area (Å²) in [4.78, 5) is 4.11. The van der Waals surface area contributed by atoms with E-state index in [0.29, 0.717) is 0 Å². The molecular formula is C14H13NO3S2. The molecule has 0 fully saturated rings. The van der Waals surface area contributed by atoms with Gasteiger partial charge in [0.2, 0.25) is 0 Å². The third-order valence-electron chi connectivity index (χ3n) is 3.10. The van der Waals surface area contributed by atoms with Crippen LogP contribution < -0.4 is 4.90 Å². The van der Waals surface area contributed by atoms with Gasteiger partial charge in [0.25, 0.3) is 10.1 Å². The maximum Gasteiger partial charge on any atom is 0.266 e. The maximum atomic E-state index is 11.0. The number of hydrogen-bond acceptors (Lipinski definition) is 4. The van der Waals surface area contributed by atoms with Crippen LogP contribution >= 0.6 is 11.8 Å². The Labute approximate surface area is 122 Å². The Bertz CT molecular complexity index is 698. The Hall–Kier alpha value is -1.50. The first-order valence-corrected chi connectivity index (χ1v) is 8.56. The average molecular weight is 307 g/mol. The number of rotatable bonds is 3. The van der Waals surface area contributed by atoms with E-state index >= 15 is 0 Å². The number of hydrogen-bond donors (Lipinski definition) is 1. The maximum absolute atomic E-state index is 11.0. The quantitative estimate of drug-likeness (QED) is 0.883. The second kappa shape index (κ2) is 5.12. The van der Waals surface area contributed by atoms with E-state index in [1.807, 2.05) is 53.4 Å². The van der Waals surface area contributed by atoms with E-state index in [4.69, 9.17) is 4.55 Å². The van der Waals surface area contributed by atoms with E-state index in [9.17, 15) is 8.42 Å². The van der Waals surface area contributed by atoms with E-state index in [0.717, 1.165) is 21.2 Å². The molecule has 0 unspecified atom stereocenters. The minimum atomic E-state index is -3.98. The van der Waals surface area contributed by atoms with Gasteiger partial charge in [0.05, 0.1) is 17.1 Å². The summed E-state index contributed by atoms with van der Waals surface area (Å²) in [6.07, 6.45) is 0. The lowest BCUT2D eigenvalue weighted by Crippen LogP contribution is -2.27. The molecule has 0 aliphatic carbocycles. The lowest BCUT2D eigenvalue weighted by atomic mass is 10.2. The molecule has 0 amide bonds. The van der Waals surface area contributed by atoms with Crippen molar-refractivity contribution in [1.29, 1.82) is 0 Å². The molecule has 0 radical (unpaired) electrons. The third kappa shape index (κ3) is 2.67. The standard InChI is InChI=1S/C14H13NO3S2/c16-20(17,18)10-9-15-11-5-1-3-7-13(11)19-14-8-4-2-6-12(14)15/h1-8H,9-10H2,(H,16,17,18). The second-order valence-electron chi connectivity index (χ2n) is 4.48. The van der Waals surface area contributed by atoms with Crippen LogP contribution in [0.15, 0.2) is 58.3 Å². The molecule has 0 spiro atoms. The van der Waals surface area contributed by atoms with Gasteiger partial charge >= 0.3 is 0 Å². The van der Waals surface area contributed by atoms with Crippen LogP contribution in [0, 0.1) is 0 Å². The zero-order valence-electron chi connectivity index (χ0n) is 10.6. The lowest BCUT2D eigenvalue weighted by molar-refractivity contribution is 0.483. The second-order valence-corrected chi connectivity index (χ2v) is 7.13. The number of benzene rings is 2. The van der Waals surface area contributed by atoms with Crippen molar-refractivity contribution in [2.24, 2.45) is 0 Å². The molecule has 0 atom stereocenters. The molecule has 20 heavy (non-hydrogen) atoms.